The van der Waals surface area contributed by atoms with Gasteiger partial charge in [-0.25, -0.2) is 4.79 Å². The number of nitrogens with one attached hydrogen (secondary N) is 1. The molecule has 0 fully saturated rings. The van der Waals surface area contributed by atoms with E-state index < -0.39 is 5.97 Å². The van der Waals surface area contributed by atoms with Gasteiger partial charge in [0.25, 0.3) is 0 Å². The molecule has 1 heterocycles. The van der Waals surface area contributed by atoms with E-state index in [0.717, 1.165) is 5.82 Å². The summed E-state index contributed by atoms with van der Waals surface area (Å²) in [6.07, 6.45) is 1.61. The van der Waals surface area contributed by atoms with E-state index in [1.807, 2.05) is 7.05 Å². The van der Waals surface area contributed by atoms with Crippen LogP contribution in [0.4, 0.5) is 11.4 Å². The number of carbonyl (C=O) groups is 1. The highest BCUT2D eigenvalue weighted by molar-refractivity contribution is 5.90. The standard InChI is InChI=1S/C11H13N5O2/c1-16-6-14-15-10(16)5-13-9-3-2-7(11(17)18)4-8(9)12/h2-4,6,13H,5,12H2,1H3,(H,17,18). The monoisotopic (exact) mass is 247 g/mol. The van der Waals surface area contributed by atoms with Crippen LogP contribution in [0.5, 0.6) is 0 Å². The molecule has 0 radical (unpaired) electrons. The lowest BCUT2D eigenvalue weighted by molar-refractivity contribution is 0.0697. The van der Waals surface area contributed by atoms with Crippen LogP contribution >= 0.6 is 0 Å². The molecule has 0 atom stereocenters. The van der Waals surface area contributed by atoms with Crippen molar-refractivity contribution in [1.29, 1.82) is 0 Å². The summed E-state index contributed by atoms with van der Waals surface area (Å²) in [5.41, 5.74) is 6.99. The van der Waals surface area contributed by atoms with Crippen LogP contribution in [0.25, 0.3) is 0 Å². The van der Waals surface area contributed by atoms with Crippen molar-refractivity contribution in [3.8, 4) is 0 Å². The number of rotatable bonds is 4. The number of aromatic nitrogens is 3. The molecule has 0 bridgehead atoms. The van der Waals surface area contributed by atoms with Gasteiger partial charge in [-0.3, -0.25) is 0 Å². The van der Waals surface area contributed by atoms with E-state index in [0.29, 0.717) is 17.9 Å². The molecule has 1 aromatic heterocycles. The summed E-state index contributed by atoms with van der Waals surface area (Å²) in [6.45, 7) is 0.465. The first kappa shape index (κ1) is 11.9. The largest absolute Gasteiger partial charge is 0.478 e. The molecule has 4 N–H and O–H groups in total. The van der Waals surface area contributed by atoms with Crippen molar-refractivity contribution in [2.45, 2.75) is 6.54 Å². The Balaban J connectivity index is 2.11. The van der Waals surface area contributed by atoms with Gasteiger partial charge in [0.1, 0.15) is 6.33 Å². The minimum absolute atomic E-state index is 0.164. The minimum atomic E-state index is -0.999. The van der Waals surface area contributed by atoms with Gasteiger partial charge in [0.05, 0.1) is 23.5 Å². The summed E-state index contributed by atoms with van der Waals surface area (Å²) >= 11 is 0. The molecule has 0 amide bonds. The summed E-state index contributed by atoms with van der Waals surface area (Å²) < 4.78 is 1.79. The lowest BCUT2D eigenvalue weighted by atomic mass is 10.2. The van der Waals surface area contributed by atoms with Gasteiger partial charge in [-0.1, -0.05) is 0 Å². The van der Waals surface area contributed by atoms with Crippen molar-refractivity contribution in [2.75, 3.05) is 11.1 Å². The Morgan fingerprint density at radius 2 is 2.33 bits per heavy atom. The second-order valence-electron chi connectivity index (χ2n) is 3.82. The third kappa shape index (κ3) is 2.40. The van der Waals surface area contributed by atoms with Crippen molar-refractivity contribution in [3.05, 3.63) is 35.9 Å². The predicted molar refractivity (Wildman–Crippen MR) is 66.1 cm³/mol. The first-order valence-electron chi connectivity index (χ1n) is 5.27. The number of anilines is 2. The number of carboxylic acids is 1. The zero-order chi connectivity index (χ0) is 13.1. The maximum atomic E-state index is 10.8. The third-order valence-corrected chi connectivity index (χ3v) is 2.54. The zero-order valence-electron chi connectivity index (χ0n) is 9.79. The van der Waals surface area contributed by atoms with Crippen LogP contribution in [0.15, 0.2) is 24.5 Å². The van der Waals surface area contributed by atoms with Crippen LogP contribution in [0.3, 0.4) is 0 Å². The molecule has 0 aliphatic rings. The Morgan fingerprint density at radius 3 is 2.89 bits per heavy atom. The van der Waals surface area contributed by atoms with E-state index in [-0.39, 0.29) is 5.56 Å². The molecule has 7 heteroatoms. The van der Waals surface area contributed by atoms with E-state index in [1.54, 1.807) is 17.0 Å². The highest BCUT2D eigenvalue weighted by Gasteiger charge is 2.07. The number of nitrogens with zero attached hydrogens (tertiary/aromatic N) is 3. The molecule has 0 unspecified atom stereocenters. The topological polar surface area (TPSA) is 106 Å². The minimum Gasteiger partial charge on any atom is -0.478 e. The molecular weight excluding hydrogens is 234 g/mol. The van der Waals surface area contributed by atoms with Crippen LogP contribution in [0, 0.1) is 0 Å². The average molecular weight is 247 g/mol. The van der Waals surface area contributed by atoms with E-state index in [4.69, 9.17) is 10.8 Å². The van der Waals surface area contributed by atoms with E-state index >= 15 is 0 Å². The van der Waals surface area contributed by atoms with Crippen LogP contribution in [-0.2, 0) is 13.6 Å². The second kappa shape index (κ2) is 4.74. The second-order valence-corrected chi connectivity index (χ2v) is 3.82. The van der Waals surface area contributed by atoms with E-state index in [9.17, 15) is 4.79 Å². The third-order valence-electron chi connectivity index (χ3n) is 2.54. The van der Waals surface area contributed by atoms with Crippen molar-refractivity contribution in [3.63, 3.8) is 0 Å². The van der Waals surface area contributed by atoms with Gasteiger partial charge in [-0.2, -0.15) is 0 Å². The smallest absolute Gasteiger partial charge is 0.335 e. The number of hydrogen-bond donors (Lipinski definition) is 3. The molecule has 2 aromatic rings. The molecule has 1 aromatic carbocycles. The maximum Gasteiger partial charge on any atom is 0.335 e. The summed E-state index contributed by atoms with van der Waals surface area (Å²) in [5.74, 6) is -0.238. The van der Waals surface area contributed by atoms with Crippen molar-refractivity contribution >= 4 is 17.3 Å². The lowest BCUT2D eigenvalue weighted by Gasteiger charge is -2.09. The highest BCUT2D eigenvalue weighted by Crippen LogP contribution is 2.20. The van der Waals surface area contributed by atoms with Crippen LogP contribution in [0.2, 0.25) is 0 Å². The SMILES string of the molecule is Cn1cnnc1CNc1ccc(C(=O)O)cc1N. The first-order chi connectivity index (χ1) is 8.58. The number of benzene rings is 1. The fourth-order valence-corrected chi connectivity index (χ4v) is 1.50. The van der Waals surface area contributed by atoms with Gasteiger partial charge in [0.15, 0.2) is 5.82 Å². The van der Waals surface area contributed by atoms with E-state index in [2.05, 4.69) is 15.5 Å². The van der Waals surface area contributed by atoms with Gasteiger partial charge in [-0.15, -0.1) is 10.2 Å². The molecule has 18 heavy (non-hydrogen) atoms. The molecule has 0 saturated carbocycles. The molecular formula is C11H13N5O2. The molecule has 2 rings (SSSR count). The fourth-order valence-electron chi connectivity index (χ4n) is 1.50. The number of carboxylic acid groups (broad SMARTS) is 1. The van der Waals surface area contributed by atoms with Crippen molar-refractivity contribution in [2.24, 2.45) is 7.05 Å². The fraction of sp³-hybridized carbons (Fsp3) is 0.182. The van der Waals surface area contributed by atoms with Gasteiger partial charge in [0.2, 0.25) is 0 Å². The molecule has 0 aliphatic carbocycles. The van der Waals surface area contributed by atoms with Crippen molar-refractivity contribution < 1.29 is 9.90 Å². The maximum absolute atomic E-state index is 10.8. The van der Waals surface area contributed by atoms with Gasteiger partial charge in [0, 0.05) is 7.05 Å². The molecule has 0 spiro atoms. The van der Waals surface area contributed by atoms with E-state index in [1.165, 1.54) is 12.1 Å². The molecule has 0 saturated heterocycles. The number of aromatic carboxylic acids is 1. The summed E-state index contributed by atoms with van der Waals surface area (Å²) in [5, 5.41) is 19.6. The van der Waals surface area contributed by atoms with Crippen LogP contribution in [0.1, 0.15) is 16.2 Å². The average Bonchev–Trinajstić information content (AvgIpc) is 2.73. The lowest BCUT2D eigenvalue weighted by Crippen LogP contribution is -2.08. The first-order valence-corrected chi connectivity index (χ1v) is 5.27. The Bertz CT molecular complexity index is 579. The molecule has 0 aliphatic heterocycles. The summed E-state index contributed by atoms with van der Waals surface area (Å²) in [4.78, 5) is 10.8. The molecule has 7 nitrogen and oxygen atoms in total. The highest BCUT2D eigenvalue weighted by atomic mass is 16.4. The summed E-state index contributed by atoms with van der Waals surface area (Å²) in [7, 11) is 1.84. The summed E-state index contributed by atoms with van der Waals surface area (Å²) in [6, 6.07) is 4.55. The number of aryl methyl sites for hydroxylation is 1. The van der Waals surface area contributed by atoms with Gasteiger partial charge < -0.3 is 20.7 Å². The zero-order valence-corrected chi connectivity index (χ0v) is 9.79. The van der Waals surface area contributed by atoms with Crippen molar-refractivity contribution in [1.82, 2.24) is 14.8 Å². The number of hydrogen-bond acceptors (Lipinski definition) is 5. The predicted octanol–water partition coefficient (Wildman–Crippen LogP) is 0.708. The van der Waals surface area contributed by atoms with Gasteiger partial charge >= 0.3 is 5.97 Å². The molecule has 94 valence electrons. The Kier molecular flexibility index (Phi) is 3.13. The van der Waals surface area contributed by atoms with Crippen LogP contribution in [-0.4, -0.2) is 25.8 Å². The van der Waals surface area contributed by atoms with Crippen LogP contribution < -0.4 is 11.1 Å². The quantitative estimate of drug-likeness (QED) is 0.687. The Morgan fingerprint density at radius 1 is 1.56 bits per heavy atom. The number of nitrogens with two attached hydrogens (primary N) is 1. The number of nitrogen functional groups attached to an aromatic ring is 1. The normalized spacial score (nSPS) is 10.3. The van der Waals surface area contributed by atoms with Gasteiger partial charge in [-0.05, 0) is 18.2 Å². The Labute approximate surface area is 103 Å². The Hall–Kier alpha value is -2.57.